The highest BCUT2D eigenvalue weighted by atomic mass is 15.3. The zero-order chi connectivity index (χ0) is 12.7. The Kier molecular flexibility index (Phi) is 6.34. The lowest BCUT2D eigenvalue weighted by Gasteiger charge is -2.30. The Hall–Kier alpha value is -0.770. The maximum Gasteiger partial charge on any atom is 0.193 e. The van der Waals surface area contributed by atoms with Crippen LogP contribution < -0.4 is 5.32 Å². The van der Waals surface area contributed by atoms with Crippen molar-refractivity contribution < 1.29 is 0 Å². The van der Waals surface area contributed by atoms with Crippen LogP contribution in [0.3, 0.4) is 0 Å². The molecule has 0 atom stereocenters. The van der Waals surface area contributed by atoms with Crippen LogP contribution in [0.5, 0.6) is 0 Å². The Balaban J connectivity index is 2.08. The molecule has 0 unspecified atom stereocenters. The van der Waals surface area contributed by atoms with Crippen molar-refractivity contribution in [3.8, 4) is 0 Å². The normalized spacial score (nSPS) is 19.4. The molecule has 4 heteroatoms. The average Bonchev–Trinajstić information content (AvgIpc) is 2.31. The quantitative estimate of drug-likeness (QED) is 0.456. The number of hydrogen-bond donors (Lipinski definition) is 1. The second-order valence-corrected chi connectivity index (χ2v) is 5.25. The molecule has 0 aromatic rings. The number of likely N-dealkylation sites (tertiary alicyclic amines) is 1. The van der Waals surface area contributed by atoms with Gasteiger partial charge in [-0.05, 0) is 44.8 Å². The van der Waals surface area contributed by atoms with Crippen LogP contribution >= 0.6 is 0 Å². The molecule has 0 amide bonds. The molecule has 1 saturated heterocycles. The molecule has 0 aromatic carbocycles. The van der Waals surface area contributed by atoms with E-state index in [0.29, 0.717) is 0 Å². The second-order valence-electron chi connectivity index (χ2n) is 5.25. The minimum Gasteiger partial charge on any atom is -0.356 e. The van der Waals surface area contributed by atoms with Crippen molar-refractivity contribution >= 4 is 5.96 Å². The first-order chi connectivity index (χ1) is 8.13. The maximum atomic E-state index is 4.20. The highest BCUT2D eigenvalue weighted by molar-refractivity contribution is 5.79. The molecule has 0 spiro atoms. The molecule has 1 N–H and O–H groups in total. The Morgan fingerprint density at radius 1 is 1.35 bits per heavy atom. The molecule has 1 rings (SSSR count). The fourth-order valence-electron chi connectivity index (χ4n) is 2.23. The van der Waals surface area contributed by atoms with E-state index >= 15 is 0 Å². The fourth-order valence-corrected chi connectivity index (χ4v) is 2.23. The topological polar surface area (TPSA) is 30.9 Å². The van der Waals surface area contributed by atoms with Crippen LogP contribution in [0.15, 0.2) is 4.99 Å². The molecule has 1 aliphatic rings. The first-order valence-corrected chi connectivity index (χ1v) is 6.73. The van der Waals surface area contributed by atoms with E-state index in [2.05, 4.69) is 22.1 Å². The van der Waals surface area contributed by atoms with Crippen molar-refractivity contribution in [3.63, 3.8) is 0 Å². The molecule has 17 heavy (non-hydrogen) atoms. The minimum atomic E-state index is 0.928. The standard InChI is InChI=1S/C13H28N4/c1-12-6-10-17(11-7-12)9-5-8-15-13(14-2)16(3)4/h12H,5-11H2,1-4H3,(H,14,15). The zero-order valence-corrected chi connectivity index (χ0v) is 11.9. The summed E-state index contributed by atoms with van der Waals surface area (Å²) in [6.07, 6.45) is 3.93. The molecule has 0 aliphatic carbocycles. The molecule has 1 heterocycles. The first kappa shape index (κ1) is 14.3. The van der Waals surface area contributed by atoms with Gasteiger partial charge in [0.25, 0.3) is 0 Å². The first-order valence-electron chi connectivity index (χ1n) is 6.73. The molecule has 0 radical (unpaired) electrons. The highest BCUT2D eigenvalue weighted by Crippen LogP contribution is 2.15. The molecule has 1 fully saturated rings. The van der Waals surface area contributed by atoms with Gasteiger partial charge in [0.15, 0.2) is 5.96 Å². The smallest absolute Gasteiger partial charge is 0.193 e. The van der Waals surface area contributed by atoms with Crippen molar-refractivity contribution in [1.82, 2.24) is 15.1 Å². The largest absolute Gasteiger partial charge is 0.356 e. The zero-order valence-electron chi connectivity index (χ0n) is 11.9. The summed E-state index contributed by atoms with van der Waals surface area (Å²) in [6.45, 7) is 7.15. The van der Waals surface area contributed by atoms with Crippen LogP contribution in [0, 0.1) is 5.92 Å². The summed E-state index contributed by atoms with van der Waals surface area (Å²) >= 11 is 0. The van der Waals surface area contributed by atoms with Gasteiger partial charge < -0.3 is 15.1 Å². The highest BCUT2D eigenvalue weighted by Gasteiger charge is 2.14. The number of rotatable bonds is 4. The molecule has 100 valence electrons. The summed E-state index contributed by atoms with van der Waals surface area (Å²) in [5.74, 6) is 1.90. The Bertz CT molecular complexity index is 230. The molecule has 0 bridgehead atoms. The van der Waals surface area contributed by atoms with Gasteiger partial charge in [-0.2, -0.15) is 0 Å². The lowest BCUT2D eigenvalue weighted by atomic mass is 9.99. The van der Waals surface area contributed by atoms with Gasteiger partial charge in [-0.15, -0.1) is 0 Å². The van der Waals surface area contributed by atoms with Crippen molar-refractivity contribution in [2.24, 2.45) is 10.9 Å². The van der Waals surface area contributed by atoms with E-state index in [-0.39, 0.29) is 0 Å². The van der Waals surface area contributed by atoms with E-state index in [4.69, 9.17) is 0 Å². The lowest BCUT2D eigenvalue weighted by molar-refractivity contribution is 0.191. The van der Waals surface area contributed by atoms with Crippen molar-refractivity contribution in [2.45, 2.75) is 26.2 Å². The summed E-state index contributed by atoms with van der Waals surface area (Å²) < 4.78 is 0. The Morgan fingerprint density at radius 2 is 2.00 bits per heavy atom. The van der Waals surface area contributed by atoms with Crippen molar-refractivity contribution in [2.75, 3.05) is 47.3 Å². The number of nitrogens with zero attached hydrogens (tertiary/aromatic N) is 3. The van der Waals surface area contributed by atoms with E-state index in [1.54, 1.807) is 0 Å². The van der Waals surface area contributed by atoms with E-state index in [1.165, 1.54) is 38.9 Å². The van der Waals surface area contributed by atoms with Crippen LogP contribution in [0.2, 0.25) is 0 Å². The third-order valence-electron chi connectivity index (χ3n) is 3.45. The van der Waals surface area contributed by atoms with Crippen LogP contribution in [0.4, 0.5) is 0 Å². The van der Waals surface area contributed by atoms with Gasteiger partial charge in [0.1, 0.15) is 0 Å². The van der Waals surface area contributed by atoms with Crippen LogP contribution in [-0.4, -0.2) is 63.1 Å². The van der Waals surface area contributed by atoms with Crippen molar-refractivity contribution in [1.29, 1.82) is 0 Å². The minimum absolute atomic E-state index is 0.928. The molecule has 4 nitrogen and oxygen atoms in total. The number of guanidine groups is 1. The second kappa shape index (κ2) is 7.54. The van der Waals surface area contributed by atoms with Crippen LogP contribution in [-0.2, 0) is 0 Å². The van der Waals surface area contributed by atoms with Gasteiger partial charge in [-0.25, -0.2) is 0 Å². The van der Waals surface area contributed by atoms with E-state index in [1.807, 2.05) is 26.0 Å². The summed E-state index contributed by atoms with van der Waals surface area (Å²) in [5.41, 5.74) is 0. The SMILES string of the molecule is CN=C(NCCCN1CCC(C)CC1)N(C)C. The van der Waals surface area contributed by atoms with Crippen molar-refractivity contribution in [3.05, 3.63) is 0 Å². The summed E-state index contributed by atoms with van der Waals surface area (Å²) in [5, 5.41) is 3.37. The molecule has 0 saturated carbocycles. The molecule has 0 aromatic heterocycles. The predicted octanol–water partition coefficient (Wildman–Crippen LogP) is 1.25. The van der Waals surface area contributed by atoms with Crippen LogP contribution in [0.25, 0.3) is 0 Å². The third kappa shape index (κ3) is 5.39. The summed E-state index contributed by atoms with van der Waals surface area (Å²) in [4.78, 5) is 8.80. The number of piperidine rings is 1. The van der Waals surface area contributed by atoms with Gasteiger partial charge in [-0.3, -0.25) is 4.99 Å². The van der Waals surface area contributed by atoms with E-state index in [0.717, 1.165) is 18.4 Å². The molecular weight excluding hydrogens is 212 g/mol. The van der Waals surface area contributed by atoms with Gasteiger partial charge in [-0.1, -0.05) is 6.92 Å². The molecular formula is C13H28N4. The van der Waals surface area contributed by atoms with Gasteiger partial charge in [0.2, 0.25) is 0 Å². The summed E-state index contributed by atoms with van der Waals surface area (Å²) in [6, 6.07) is 0. The average molecular weight is 240 g/mol. The molecule has 1 aliphatic heterocycles. The Morgan fingerprint density at radius 3 is 2.53 bits per heavy atom. The van der Waals surface area contributed by atoms with Gasteiger partial charge in [0, 0.05) is 27.7 Å². The third-order valence-corrected chi connectivity index (χ3v) is 3.45. The maximum absolute atomic E-state index is 4.20. The van der Waals surface area contributed by atoms with E-state index < -0.39 is 0 Å². The number of hydrogen-bond acceptors (Lipinski definition) is 2. The van der Waals surface area contributed by atoms with Gasteiger partial charge >= 0.3 is 0 Å². The fraction of sp³-hybridized carbons (Fsp3) is 0.923. The summed E-state index contributed by atoms with van der Waals surface area (Å²) in [7, 11) is 5.86. The van der Waals surface area contributed by atoms with Crippen LogP contribution in [0.1, 0.15) is 26.2 Å². The monoisotopic (exact) mass is 240 g/mol. The number of aliphatic imine (C=N–C) groups is 1. The predicted molar refractivity (Wildman–Crippen MR) is 74.5 cm³/mol. The van der Waals surface area contributed by atoms with Gasteiger partial charge in [0.05, 0.1) is 0 Å². The Labute approximate surface area is 106 Å². The number of nitrogens with one attached hydrogen (secondary N) is 1. The van der Waals surface area contributed by atoms with E-state index in [9.17, 15) is 0 Å². The lowest BCUT2D eigenvalue weighted by Crippen LogP contribution is -2.39.